The van der Waals surface area contributed by atoms with Crippen LogP contribution in [0.3, 0.4) is 0 Å². The zero-order valence-electron chi connectivity index (χ0n) is 15.4. The van der Waals surface area contributed by atoms with Gasteiger partial charge in [-0.05, 0) is 35.4 Å². The monoisotopic (exact) mass is 386 g/mol. The summed E-state index contributed by atoms with van der Waals surface area (Å²) in [6.45, 7) is 5.55. The number of benzene rings is 1. The molecule has 5 atom stereocenters. The fraction of sp³-hybridized carbons (Fsp3) is 0.550. The maximum atomic E-state index is 13.3. The number of nitriles is 1. The van der Waals surface area contributed by atoms with Crippen LogP contribution in [0.2, 0.25) is 0 Å². The molecule has 3 aliphatic heterocycles. The van der Waals surface area contributed by atoms with E-state index in [0.29, 0.717) is 18.3 Å². The first-order chi connectivity index (χ1) is 12.4. The Balaban J connectivity index is 0.00000180. The van der Waals surface area contributed by atoms with Crippen molar-refractivity contribution >= 4 is 29.9 Å². The lowest BCUT2D eigenvalue weighted by Gasteiger charge is -2.27. The minimum Gasteiger partial charge on any atom is -0.325 e. The number of fused-ring (bicyclic) bond motifs is 3. The highest BCUT2D eigenvalue weighted by Crippen LogP contribution is 2.62. The van der Waals surface area contributed by atoms with Crippen LogP contribution in [-0.2, 0) is 15.0 Å². The molecule has 3 fully saturated rings. The number of hydrogen-bond acceptors (Lipinski definition) is 4. The lowest BCUT2D eigenvalue weighted by atomic mass is 9.80. The van der Waals surface area contributed by atoms with E-state index in [1.165, 1.54) is 0 Å². The number of piperidine rings is 1. The third-order valence-electron chi connectivity index (χ3n) is 7.24. The van der Waals surface area contributed by atoms with Gasteiger partial charge < -0.3 is 15.5 Å². The highest BCUT2D eigenvalue weighted by atomic mass is 35.5. The van der Waals surface area contributed by atoms with Crippen LogP contribution >= 0.6 is 12.4 Å². The summed E-state index contributed by atoms with van der Waals surface area (Å²) in [5, 5.41) is 16.0. The molecule has 1 aromatic carbocycles. The van der Waals surface area contributed by atoms with Gasteiger partial charge in [-0.3, -0.25) is 9.59 Å². The normalized spacial score (nSPS) is 37.2. The van der Waals surface area contributed by atoms with Crippen molar-refractivity contribution in [2.24, 2.45) is 17.3 Å². The molecule has 1 aliphatic carbocycles. The van der Waals surface area contributed by atoms with Gasteiger partial charge in [-0.2, -0.15) is 5.26 Å². The second-order valence-corrected chi connectivity index (χ2v) is 8.74. The summed E-state index contributed by atoms with van der Waals surface area (Å²) in [5.41, 5.74) is 1.09. The molecule has 142 valence electrons. The van der Waals surface area contributed by atoms with E-state index in [0.717, 1.165) is 17.8 Å². The Labute approximate surface area is 164 Å². The van der Waals surface area contributed by atoms with E-state index >= 15 is 0 Å². The Hall–Kier alpha value is -2.10. The van der Waals surface area contributed by atoms with Gasteiger partial charge in [0.15, 0.2) is 0 Å². The summed E-state index contributed by atoms with van der Waals surface area (Å²) in [5.74, 6) is 0.738. The smallest absolute Gasteiger partial charge is 0.241 e. The lowest BCUT2D eigenvalue weighted by molar-refractivity contribution is -0.134. The van der Waals surface area contributed by atoms with Gasteiger partial charge in [0.1, 0.15) is 6.04 Å². The first-order valence-electron chi connectivity index (χ1n) is 9.24. The second kappa shape index (κ2) is 5.70. The number of carbonyl (C=O) groups is 2. The largest absolute Gasteiger partial charge is 0.325 e. The van der Waals surface area contributed by atoms with E-state index in [1.54, 1.807) is 4.90 Å². The molecule has 6 nitrogen and oxygen atoms in total. The van der Waals surface area contributed by atoms with Crippen LogP contribution in [0.5, 0.6) is 0 Å². The number of para-hydroxylation sites is 1. The van der Waals surface area contributed by atoms with Crippen LogP contribution in [0.4, 0.5) is 5.69 Å². The zero-order valence-corrected chi connectivity index (χ0v) is 16.2. The van der Waals surface area contributed by atoms with E-state index in [1.807, 2.05) is 24.3 Å². The van der Waals surface area contributed by atoms with Gasteiger partial charge in [0, 0.05) is 18.7 Å². The van der Waals surface area contributed by atoms with Crippen molar-refractivity contribution in [1.29, 1.82) is 5.26 Å². The van der Waals surface area contributed by atoms with Crippen molar-refractivity contribution < 1.29 is 9.59 Å². The number of carbonyl (C=O) groups excluding carboxylic acids is 2. The average Bonchev–Trinajstić information content (AvgIpc) is 3.09. The number of rotatable bonds is 1. The SMILES string of the molecule is CC1(C)[C@@H]2[C@@H](C(=O)N3CC4(CC3C#N)C(=O)Nc3ccccc34)NC[C@@H]21.Cl. The van der Waals surface area contributed by atoms with Crippen molar-refractivity contribution in [3.8, 4) is 6.07 Å². The molecule has 3 heterocycles. The van der Waals surface area contributed by atoms with Gasteiger partial charge in [-0.15, -0.1) is 12.4 Å². The fourth-order valence-corrected chi connectivity index (χ4v) is 5.62. The van der Waals surface area contributed by atoms with Crippen molar-refractivity contribution in [3.05, 3.63) is 29.8 Å². The summed E-state index contributed by atoms with van der Waals surface area (Å²) >= 11 is 0. The van der Waals surface area contributed by atoms with E-state index < -0.39 is 11.5 Å². The predicted molar refractivity (Wildman–Crippen MR) is 102 cm³/mol. The minimum atomic E-state index is -0.802. The molecule has 0 aromatic heterocycles. The molecule has 2 amide bonds. The summed E-state index contributed by atoms with van der Waals surface area (Å²) in [6, 6.07) is 9.07. The van der Waals surface area contributed by atoms with Crippen LogP contribution in [0.25, 0.3) is 0 Å². The van der Waals surface area contributed by atoms with Crippen molar-refractivity contribution in [3.63, 3.8) is 0 Å². The molecule has 4 aliphatic rings. The van der Waals surface area contributed by atoms with E-state index in [9.17, 15) is 14.9 Å². The molecule has 27 heavy (non-hydrogen) atoms. The van der Waals surface area contributed by atoms with Gasteiger partial charge in [0.2, 0.25) is 11.8 Å². The van der Waals surface area contributed by atoms with Gasteiger partial charge in [-0.25, -0.2) is 0 Å². The Morgan fingerprint density at radius 1 is 1.33 bits per heavy atom. The Kier molecular flexibility index (Phi) is 3.86. The Bertz CT molecular complexity index is 879. The molecule has 2 N–H and O–H groups in total. The highest BCUT2D eigenvalue weighted by Gasteiger charge is 2.67. The molecule has 1 saturated carbocycles. The van der Waals surface area contributed by atoms with Gasteiger partial charge in [-0.1, -0.05) is 32.0 Å². The molecule has 1 aromatic rings. The van der Waals surface area contributed by atoms with Crippen molar-refractivity contribution in [2.75, 3.05) is 18.4 Å². The maximum Gasteiger partial charge on any atom is 0.241 e. The summed E-state index contributed by atoms with van der Waals surface area (Å²) in [7, 11) is 0. The second-order valence-electron chi connectivity index (χ2n) is 8.74. The van der Waals surface area contributed by atoms with Crippen molar-refractivity contribution in [2.45, 2.75) is 37.8 Å². The lowest BCUT2D eigenvalue weighted by Crippen LogP contribution is -2.49. The van der Waals surface area contributed by atoms with E-state index in [-0.39, 0.29) is 42.2 Å². The molecule has 2 saturated heterocycles. The highest BCUT2D eigenvalue weighted by molar-refractivity contribution is 6.07. The van der Waals surface area contributed by atoms with Gasteiger partial charge in [0.25, 0.3) is 0 Å². The number of amides is 2. The van der Waals surface area contributed by atoms with Crippen LogP contribution in [-0.4, -0.2) is 41.9 Å². The third-order valence-corrected chi connectivity index (χ3v) is 7.24. The molecule has 7 heteroatoms. The number of anilines is 1. The first-order valence-corrected chi connectivity index (χ1v) is 9.24. The quantitative estimate of drug-likeness (QED) is 0.768. The van der Waals surface area contributed by atoms with Crippen LogP contribution in [0.1, 0.15) is 25.8 Å². The molecule has 1 spiro atoms. The predicted octanol–water partition coefficient (Wildman–Crippen LogP) is 1.67. The van der Waals surface area contributed by atoms with E-state index in [2.05, 4.69) is 30.6 Å². The van der Waals surface area contributed by atoms with Crippen molar-refractivity contribution in [1.82, 2.24) is 10.2 Å². The molecule has 0 radical (unpaired) electrons. The number of likely N-dealkylation sites (tertiary alicyclic amines) is 1. The molecule has 0 bridgehead atoms. The number of nitrogens with one attached hydrogen (secondary N) is 2. The number of halogens is 1. The van der Waals surface area contributed by atoms with Crippen LogP contribution in [0, 0.1) is 28.6 Å². The Morgan fingerprint density at radius 3 is 2.74 bits per heavy atom. The average molecular weight is 387 g/mol. The Morgan fingerprint density at radius 2 is 2.07 bits per heavy atom. The fourth-order valence-electron chi connectivity index (χ4n) is 5.62. The maximum absolute atomic E-state index is 13.3. The van der Waals surface area contributed by atoms with Crippen LogP contribution in [0.15, 0.2) is 24.3 Å². The molecular weight excluding hydrogens is 364 g/mol. The zero-order chi connectivity index (χ0) is 18.3. The molecular formula is C20H23ClN4O2. The molecule has 5 rings (SSSR count). The summed E-state index contributed by atoms with van der Waals surface area (Å²) in [6.07, 6.45) is 0.363. The van der Waals surface area contributed by atoms with Gasteiger partial charge >= 0.3 is 0 Å². The standard InChI is InChI=1S/C20H22N4O2.ClH/c1-19(2)13-9-22-16(15(13)19)17(25)24-10-20(7-11(24)8-21)12-5-3-4-6-14(12)23-18(20)26;/h3-6,11,13,15-16,22H,7,9-10H2,1-2H3,(H,23,26);1H/t11?,13-,15-,16-,20?;/m0./s1. The molecule has 2 unspecified atom stereocenters. The number of hydrogen-bond donors (Lipinski definition) is 2. The van der Waals surface area contributed by atoms with E-state index in [4.69, 9.17) is 0 Å². The first kappa shape index (κ1) is 18.3. The third kappa shape index (κ3) is 2.22. The van der Waals surface area contributed by atoms with Gasteiger partial charge in [0.05, 0.1) is 17.5 Å². The summed E-state index contributed by atoms with van der Waals surface area (Å²) in [4.78, 5) is 27.7. The minimum absolute atomic E-state index is 0. The topological polar surface area (TPSA) is 85.2 Å². The number of nitrogens with zero attached hydrogens (tertiary/aromatic N) is 2. The summed E-state index contributed by atoms with van der Waals surface area (Å²) < 4.78 is 0. The van der Waals surface area contributed by atoms with Crippen LogP contribution < -0.4 is 10.6 Å².